The van der Waals surface area contributed by atoms with Gasteiger partial charge in [0.1, 0.15) is 0 Å². The Labute approximate surface area is 329 Å². The van der Waals surface area contributed by atoms with Crippen LogP contribution in [0.25, 0.3) is 16.9 Å². The maximum absolute atomic E-state index is 12.7. The van der Waals surface area contributed by atoms with E-state index >= 15 is 0 Å². The molecule has 1 aliphatic rings. The minimum Gasteiger partial charge on any atom is -0.493 e. The zero-order chi connectivity index (χ0) is 36.3. The molecule has 1 aliphatic heterocycles. The van der Waals surface area contributed by atoms with Crippen LogP contribution in [0.15, 0.2) is 35.4 Å². The summed E-state index contributed by atoms with van der Waals surface area (Å²) in [5, 5.41) is 0. The van der Waals surface area contributed by atoms with E-state index in [-0.39, 0.29) is 20.4 Å². The molecule has 3 heteroatoms. The van der Waals surface area contributed by atoms with Crippen LogP contribution in [0.2, 0.25) is 0 Å². The van der Waals surface area contributed by atoms with Crippen LogP contribution in [0.4, 0.5) is 0 Å². The molecule has 2 nitrogen and oxygen atoms in total. The van der Waals surface area contributed by atoms with Gasteiger partial charge >= 0.3 is 0 Å². The number of benzene rings is 2. The summed E-state index contributed by atoms with van der Waals surface area (Å²) in [6.45, 7) is 18.5. The molecule has 0 unspecified atom stereocenters. The molecular weight excluding hydrogens is 711 g/mol. The minimum atomic E-state index is 0. The number of unbranched alkanes of at least 4 members (excludes halogenated alkanes) is 8. The fourth-order valence-electron chi connectivity index (χ4n) is 8.07. The number of aryl methyl sites for hydroxylation is 4. The van der Waals surface area contributed by atoms with Crippen molar-refractivity contribution in [3.63, 3.8) is 0 Å². The fraction of sp³-hybridized carbons (Fsp3) is 0.667. The smallest absolute Gasteiger partial charge is 0.211 e. The summed E-state index contributed by atoms with van der Waals surface area (Å²) in [5.74, 6) is 0. The van der Waals surface area contributed by atoms with Gasteiger partial charge in [0, 0.05) is 42.7 Å². The van der Waals surface area contributed by atoms with Crippen molar-refractivity contribution in [2.24, 2.45) is 0 Å². The van der Waals surface area contributed by atoms with E-state index in [1.807, 2.05) is 0 Å². The molecule has 51 heavy (non-hydrogen) atoms. The molecule has 0 aliphatic carbocycles. The molecule has 0 radical (unpaired) electrons. The molecule has 2 aromatic rings. The molecular formula is C48H76N2Pd. The molecule has 0 atom stereocenters. The van der Waals surface area contributed by atoms with Crippen LogP contribution < -0.4 is 0 Å². The van der Waals surface area contributed by atoms with E-state index in [4.69, 9.17) is 0 Å². The van der Waals surface area contributed by atoms with Crippen molar-refractivity contribution in [2.45, 2.75) is 209 Å². The van der Waals surface area contributed by atoms with Gasteiger partial charge in [-0.3, -0.25) is 0 Å². The Morgan fingerprint density at radius 1 is 0.373 bits per heavy atom. The molecule has 0 spiro atoms. The average molecular weight is 788 g/mol. The normalized spacial score (nSPS) is 13.1. The Bertz CT molecular complexity index is 1250. The summed E-state index contributed by atoms with van der Waals surface area (Å²) in [7, 11) is 0. The summed E-state index contributed by atoms with van der Waals surface area (Å²) < 4.78 is 1.69. The van der Waals surface area contributed by atoms with Gasteiger partial charge in [0.2, 0.25) is 11.4 Å². The topological polar surface area (TPSA) is 25.3 Å². The third-order valence-electron chi connectivity index (χ3n) is 11.1. The van der Waals surface area contributed by atoms with Gasteiger partial charge in [-0.1, -0.05) is 107 Å². The van der Waals surface area contributed by atoms with Gasteiger partial charge in [-0.25, -0.2) is 4.70 Å². The summed E-state index contributed by atoms with van der Waals surface area (Å²) >= 11 is 0. The average Bonchev–Trinajstić information content (AvgIpc) is 3.41. The third kappa shape index (κ3) is 12.6. The number of hydrogen-bond donors (Lipinski definition) is 0. The molecule has 3 rings (SSSR count). The zero-order valence-corrected chi connectivity index (χ0v) is 36.0. The molecule has 0 saturated heterocycles. The second kappa shape index (κ2) is 25.2. The van der Waals surface area contributed by atoms with Crippen LogP contribution in [0.5, 0.6) is 0 Å². The molecule has 0 amide bonds. The maximum atomic E-state index is 12.7. The first-order valence-electron chi connectivity index (χ1n) is 21.7. The summed E-state index contributed by atoms with van der Waals surface area (Å²) in [5.41, 5.74) is 29.5. The first-order chi connectivity index (χ1) is 24.4. The van der Waals surface area contributed by atoms with Crippen molar-refractivity contribution in [1.29, 1.82) is 0 Å². The van der Waals surface area contributed by atoms with Crippen molar-refractivity contribution in [3.05, 3.63) is 85.5 Å². The Hall–Kier alpha value is -1.82. The quantitative estimate of drug-likeness (QED) is 0.0670. The van der Waals surface area contributed by atoms with E-state index in [1.54, 1.807) is 15.8 Å². The van der Waals surface area contributed by atoms with Crippen LogP contribution in [-0.4, -0.2) is 4.70 Å². The van der Waals surface area contributed by atoms with Crippen molar-refractivity contribution < 1.29 is 25.1 Å². The summed E-state index contributed by atoms with van der Waals surface area (Å²) in [6.07, 6.45) is 28.2. The molecule has 0 N–H and O–H groups in total. The van der Waals surface area contributed by atoms with E-state index in [2.05, 4.69) is 79.7 Å². The van der Waals surface area contributed by atoms with Gasteiger partial charge in [-0.15, -0.1) is 0 Å². The van der Waals surface area contributed by atoms with Gasteiger partial charge in [0.05, 0.1) is 0 Å². The largest absolute Gasteiger partial charge is 0.493 e. The SMILES string of the molecule is CCCCC1=C(c2cc(CCCC)c(CCCC)c(CCCC)c2)[N+](=[N-])C(c2cc(CCCC)c(CCCC)c(CCCC)c2)=C1CCCC.[Pd]. The van der Waals surface area contributed by atoms with Crippen LogP contribution in [-0.2, 0) is 58.9 Å². The number of allylic oxidation sites excluding steroid dienone is 2. The summed E-state index contributed by atoms with van der Waals surface area (Å²) in [6, 6.07) is 10.0. The van der Waals surface area contributed by atoms with Crippen molar-refractivity contribution in [2.75, 3.05) is 0 Å². The van der Waals surface area contributed by atoms with Gasteiger partial charge < -0.3 is 5.53 Å². The molecule has 0 aromatic heterocycles. The molecule has 2 aromatic carbocycles. The Kier molecular flexibility index (Phi) is 22.4. The van der Waals surface area contributed by atoms with Crippen molar-refractivity contribution >= 4 is 11.4 Å². The number of rotatable bonds is 26. The zero-order valence-electron chi connectivity index (χ0n) is 34.5. The van der Waals surface area contributed by atoms with Gasteiger partial charge in [0.25, 0.3) is 0 Å². The minimum absolute atomic E-state index is 0. The van der Waals surface area contributed by atoms with E-state index in [0.29, 0.717) is 0 Å². The first-order valence-corrected chi connectivity index (χ1v) is 21.7. The van der Waals surface area contributed by atoms with E-state index in [1.165, 1.54) is 134 Å². The van der Waals surface area contributed by atoms with Gasteiger partial charge in [-0.05, 0) is 160 Å². The molecule has 1 heterocycles. The second-order valence-corrected chi connectivity index (χ2v) is 15.3. The number of hydrogen-bond acceptors (Lipinski definition) is 0. The molecule has 288 valence electrons. The standard InChI is InChI=1S/C48H76N2.Pd/c1-9-17-25-37-33-41(34-38(26-18-10-2)43(37)29-21-13-5)47-45(31-23-15-7)46(32-24-16-8)48(50(47)49)42-35-39(27-19-11-3)44(30-22-14-6)40(36-42)28-20-12-4;/h33-36H,9-32H2,1-8H3;. The monoisotopic (exact) mass is 787 g/mol. The fourth-order valence-corrected chi connectivity index (χ4v) is 8.07. The summed E-state index contributed by atoms with van der Waals surface area (Å²) in [4.78, 5) is 0. The van der Waals surface area contributed by atoms with Gasteiger partial charge in [0.15, 0.2) is 0 Å². The van der Waals surface area contributed by atoms with E-state index < -0.39 is 0 Å². The Morgan fingerprint density at radius 3 is 0.863 bits per heavy atom. The molecule has 0 saturated carbocycles. The Balaban J connectivity index is 0.00000901. The van der Waals surface area contributed by atoms with Crippen LogP contribution >= 0.6 is 0 Å². The van der Waals surface area contributed by atoms with Crippen LogP contribution in [0.1, 0.15) is 215 Å². The molecule has 0 bridgehead atoms. The van der Waals surface area contributed by atoms with Crippen molar-refractivity contribution in [1.82, 2.24) is 0 Å². The van der Waals surface area contributed by atoms with Crippen LogP contribution in [0, 0.1) is 0 Å². The molecule has 0 fully saturated rings. The predicted molar refractivity (Wildman–Crippen MR) is 221 cm³/mol. The number of nitrogens with zero attached hydrogens (tertiary/aromatic N) is 2. The van der Waals surface area contributed by atoms with E-state index in [0.717, 1.165) is 75.6 Å². The van der Waals surface area contributed by atoms with E-state index in [9.17, 15) is 5.53 Å². The second-order valence-electron chi connectivity index (χ2n) is 15.3. The van der Waals surface area contributed by atoms with Crippen molar-refractivity contribution in [3.8, 4) is 0 Å². The third-order valence-corrected chi connectivity index (χ3v) is 11.1. The maximum Gasteiger partial charge on any atom is 0.211 e. The van der Waals surface area contributed by atoms with Gasteiger partial charge in [-0.2, -0.15) is 0 Å². The first kappa shape index (κ1) is 45.3. The van der Waals surface area contributed by atoms with Crippen LogP contribution in [0.3, 0.4) is 0 Å². The Morgan fingerprint density at radius 2 is 0.608 bits per heavy atom. The predicted octanol–water partition coefficient (Wildman–Crippen LogP) is 15.3.